The molecule has 0 heterocycles. The Morgan fingerprint density at radius 1 is 1.32 bits per heavy atom. The smallest absolute Gasteiger partial charge is 0.332 e. The minimum Gasteiger partial charge on any atom is -0.481 e. The maximum absolute atomic E-state index is 11.7. The first-order valence-corrected chi connectivity index (χ1v) is 6.75. The highest BCUT2D eigenvalue weighted by molar-refractivity contribution is 5.93. The molecule has 116 valence electrons. The fourth-order valence-electron chi connectivity index (χ4n) is 2.76. The second-order valence-corrected chi connectivity index (χ2v) is 5.47. The molecule has 1 aromatic rings. The van der Waals surface area contributed by atoms with Crippen molar-refractivity contribution in [3.63, 3.8) is 0 Å². The van der Waals surface area contributed by atoms with Gasteiger partial charge in [-0.1, -0.05) is 30.4 Å². The van der Waals surface area contributed by atoms with Crippen molar-refractivity contribution in [2.24, 2.45) is 11.1 Å². The van der Waals surface area contributed by atoms with Gasteiger partial charge in [-0.15, -0.1) is 0 Å². The molecule has 2 rings (SSSR count). The van der Waals surface area contributed by atoms with Crippen LogP contribution in [0.2, 0.25) is 0 Å². The van der Waals surface area contributed by atoms with E-state index in [9.17, 15) is 19.8 Å². The Bertz CT molecular complexity index is 693. The minimum absolute atomic E-state index is 0.0206. The second-order valence-electron chi connectivity index (χ2n) is 5.47. The molecule has 1 aliphatic rings. The third-order valence-electron chi connectivity index (χ3n) is 4.06. The number of carboxylic acids is 2. The van der Waals surface area contributed by atoms with Crippen molar-refractivity contribution in [2.75, 3.05) is 5.73 Å². The molecule has 0 aromatic heterocycles. The summed E-state index contributed by atoms with van der Waals surface area (Å²) < 4.78 is 0. The van der Waals surface area contributed by atoms with Crippen LogP contribution in [0, 0.1) is 5.41 Å². The topological polar surface area (TPSA) is 127 Å². The van der Waals surface area contributed by atoms with Crippen molar-refractivity contribution < 1.29 is 19.8 Å². The lowest BCUT2D eigenvalue weighted by atomic mass is 9.67. The van der Waals surface area contributed by atoms with Crippen molar-refractivity contribution in [2.45, 2.75) is 19.4 Å². The third kappa shape index (κ3) is 2.48. The molecule has 0 saturated heterocycles. The highest BCUT2D eigenvalue weighted by atomic mass is 16.4. The van der Waals surface area contributed by atoms with Crippen LogP contribution in [0.4, 0.5) is 5.69 Å². The average Bonchev–Trinajstić information content (AvgIpc) is 2.46. The number of carbonyl (C=O) groups is 2. The molecule has 0 saturated carbocycles. The lowest BCUT2D eigenvalue weighted by Crippen LogP contribution is -2.36. The molecule has 0 amide bonds. The summed E-state index contributed by atoms with van der Waals surface area (Å²) in [6.07, 6.45) is 4.38. The number of anilines is 1. The Kier molecular flexibility index (Phi) is 4.05. The van der Waals surface area contributed by atoms with Crippen molar-refractivity contribution in [3.8, 4) is 0 Å². The van der Waals surface area contributed by atoms with Gasteiger partial charge in [0.1, 0.15) is 0 Å². The number of nitrogens with two attached hydrogens (primary N) is 2. The maximum Gasteiger partial charge on any atom is 0.332 e. The molecule has 6 N–H and O–H groups in total. The van der Waals surface area contributed by atoms with E-state index in [1.54, 1.807) is 18.2 Å². The van der Waals surface area contributed by atoms with E-state index in [4.69, 9.17) is 11.5 Å². The number of hydrogen-bond donors (Lipinski definition) is 4. The van der Waals surface area contributed by atoms with Crippen LogP contribution >= 0.6 is 0 Å². The van der Waals surface area contributed by atoms with Gasteiger partial charge in [0.05, 0.1) is 5.41 Å². The minimum atomic E-state index is -1.36. The molecule has 6 heteroatoms. The van der Waals surface area contributed by atoms with E-state index in [0.717, 1.165) is 5.56 Å². The van der Waals surface area contributed by atoms with Crippen LogP contribution in [0.5, 0.6) is 0 Å². The Labute approximate surface area is 127 Å². The fraction of sp³-hybridized carbons (Fsp3) is 0.250. The molecule has 1 aromatic carbocycles. The van der Waals surface area contributed by atoms with Crippen molar-refractivity contribution in [3.05, 3.63) is 53.1 Å². The van der Waals surface area contributed by atoms with Gasteiger partial charge in [0.15, 0.2) is 0 Å². The van der Waals surface area contributed by atoms with Gasteiger partial charge in [0, 0.05) is 23.7 Å². The lowest BCUT2D eigenvalue weighted by molar-refractivity contribution is -0.146. The Morgan fingerprint density at radius 3 is 2.50 bits per heavy atom. The lowest BCUT2D eigenvalue weighted by Gasteiger charge is -2.34. The zero-order valence-electron chi connectivity index (χ0n) is 12.1. The molecule has 0 radical (unpaired) electrons. The highest BCUT2D eigenvalue weighted by Gasteiger charge is 2.45. The van der Waals surface area contributed by atoms with E-state index in [1.807, 2.05) is 0 Å². The summed E-state index contributed by atoms with van der Waals surface area (Å²) in [5.74, 6) is -3.08. The summed E-state index contributed by atoms with van der Waals surface area (Å²) in [6, 6.07) is 4.98. The van der Waals surface area contributed by atoms with Crippen molar-refractivity contribution in [1.82, 2.24) is 0 Å². The van der Waals surface area contributed by atoms with Crippen molar-refractivity contribution in [1.29, 1.82) is 0 Å². The Morgan fingerprint density at radius 2 is 2.00 bits per heavy atom. The van der Waals surface area contributed by atoms with Crippen LogP contribution in [0.1, 0.15) is 24.0 Å². The standard InChI is InChI=1S/C16H18N2O4/c1-16(15(21)22)6-2-3-11(14(19)20)13(16)9-4-5-10(8-17)12(18)7-9/h2-7,13H,8,17-18H2,1H3,(H,19,20)(H,21,22). The Hall–Kier alpha value is -2.60. The summed E-state index contributed by atoms with van der Waals surface area (Å²) in [4.78, 5) is 23.2. The van der Waals surface area contributed by atoms with E-state index >= 15 is 0 Å². The number of hydrogen-bond acceptors (Lipinski definition) is 4. The number of allylic oxidation sites excluding steroid dienone is 2. The Balaban J connectivity index is 2.62. The first-order chi connectivity index (χ1) is 10.3. The molecule has 22 heavy (non-hydrogen) atoms. The molecule has 6 nitrogen and oxygen atoms in total. The van der Waals surface area contributed by atoms with E-state index in [0.29, 0.717) is 11.3 Å². The quantitative estimate of drug-likeness (QED) is 0.624. The number of aliphatic carboxylic acids is 2. The van der Waals surface area contributed by atoms with Gasteiger partial charge < -0.3 is 21.7 Å². The summed E-state index contributed by atoms with van der Waals surface area (Å²) in [5.41, 5.74) is 11.8. The average molecular weight is 302 g/mol. The van der Waals surface area contributed by atoms with Gasteiger partial charge in [0.2, 0.25) is 0 Å². The number of benzene rings is 1. The molecule has 1 aliphatic carbocycles. The normalized spacial score (nSPS) is 23.9. The summed E-state index contributed by atoms with van der Waals surface area (Å²) in [7, 11) is 0. The van der Waals surface area contributed by atoms with Gasteiger partial charge in [-0.3, -0.25) is 4.79 Å². The van der Waals surface area contributed by atoms with E-state index < -0.39 is 23.3 Å². The molecular formula is C16H18N2O4. The SMILES string of the molecule is CC1(C(=O)O)C=CC=C(C(=O)O)C1c1ccc(CN)c(N)c1. The number of rotatable bonds is 4. The summed E-state index contributed by atoms with van der Waals surface area (Å²) in [6.45, 7) is 1.76. The highest BCUT2D eigenvalue weighted by Crippen LogP contribution is 2.45. The fourth-order valence-corrected chi connectivity index (χ4v) is 2.76. The van der Waals surface area contributed by atoms with Crippen LogP contribution in [0.25, 0.3) is 0 Å². The molecule has 0 fully saturated rings. The summed E-state index contributed by atoms with van der Waals surface area (Å²) in [5, 5.41) is 19.0. The zero-order chi connectivity index (χ0) is 16.5. The maximum atomic E-state index is 11.7. The van der Waals surface area contributed by atoms with Crippen LogP contribution in [0.3, 0.4) is 0 Å². The zero-order valence-corrected chi connectivity index (χ0v) is 12.1. The van der Waals surface area contributed by atoms with Gasteiger partial charge in [0.25, 0.3) is 0 Å². The van der Waals surface area contributed by atoms with Crippen LogP contribution in [-0.2, 0) is 16.1 Å². The molecule has 0 aliphatic heterocycles. The first-order valence-electron chi connectivity index (χ1n) is 6.75. The van der Waals surface area contributed by atoms with Crippen LogP contribution in [-0.4, -0.2) is 22.2 Å². The molecule has 2 unspecified atom stereocenters. The third-order valence-corrected chi connectivity index (χ3v) is 4.06. The monoisotopic (exact) mass is 302 g/mol. The molecule has 0 spiro atoms. The molecule has 2 atom stereocenters. The van der Waals surface area contributed by atoms with Crippen molar-refractivity contribution >= 4 is 17.6 Å². The molecular weight excluding hydrogens is 284 g/mol. The van der Waals surface area contributed by atoms with E-state index in [1.165, 1.54) is 25.2 Å². The first kappa shape index (κ1) is 15.8. The predicted molar refractivity (Wildman–Crippen MR) is 82.1 cm³/mol. The predicted octanol–water partition coefficient (Wildman–Crippen LogP) is 1.48. The number of carboxylic acid groups (broad SMARTS) is 2. The second kappa shape index (κ2) is 5.65. The largest absolute Gasteiger partial charge is 0.481 e. The van der Waals surface area contributed by atoms with Gasteiger partial charge in [-0.05, 0) is 24.1 Å². The molecule has 0 bridgehead atoms. The van der Waals surface area contributed by atoms with E-state index in [-0.39, 0.29) is 12.1 Å². The van der Waals surface area contributed by atoms with Gasteiger partial charge in [-0.2, -0.15) is 0 Å². The number of nitrogen functional groups attached to an aromatic ring is 1. The van der Waals surface area contributed by atoms with Gasteiger partial charge >= 0.3 is 11.9 Å². The van der Waals surface area contributed by atoms with Gasteiger partial charge in [-0.25, -0.2) is 4.79 Å². The van der Waals surface area contributed by atoms with Crippen LogP contribution in [0.15, 0.2) is 42.0 Å². The summed E-state index contributed by atoms with van der Waals surface area (Å²) >= 11 is 0. The van der Waals surface area contributed by atoms with E-state index in [2.05, 4.69) is 0 Å². The van der Waals surface area contributed by atoms with Crippen LogP contribution < -0.4 is 11.5 Å².